The molecule has 0 spiro atoms. The van der Waals surface area contributed by atoms with Gasteiger partial charge in [0.25, 0.3) is 11.8 Å². The van der Waals surface area contributed by atoms with E-state index in [4.69, 9.17) is 11.6 Å². The van der Waals surface area contributed by atoms with E-state index in [1.54, 1.807) is 24.3 Å². The van der Waals surface area contributed by atoms with Crippen LogP contribution >= 0.6 is 22.9 Å². The lowest BCUT2D eigenvalue weighted by molar-refractivity contribution is 0.0734. The highest BCUT2D eigenvalue weighted by Crippen LogP contribution is 2.35. The molecule has 0 saturated carbocycles. The third-order valence-corrected chi connectivity index (χ3v) is 6.04. The number of nitrogens with one attached hydrogen (secondary N) is 1. The van der Waals surface area contributed by atoms with Crippen molar-refractivity contribution >= 4 is 40.4 Å². The Hall–Kier alpha value is -2.77. The van der Waals surface area contributed by atoms with Crippen molar-refractivity contribution in [3.63, 3.8) is 0 Å². The van der Waals surface area contributed by atoms with Crippen LogP contribution in [0.4, 0.5) is 5.69 Å². The minimum atomic E-state index is -0.342. The molecule has 148 valence electrons. The minimum Gasteiger partial charge on any atom is -0.329 e. The summed E-state index contributed by atoms with van der Waals surface area (Å²) in [7, 11) is 0. The van der Waals surface area contributed by atoms with Crippen LogP contribution in [-0.4, -0.2) is 33.5 Å². The third-order valence-electron chi connectivity index (χ3n) is 4.78. The number of aryl methyl sites for hydroxylation is 1. The molecule has 2 heterocycles. The van der Waals surface area contributed by atoms with Crippen LogP contribution in [-0.2, 0) is 0 Å². The van der Waals surface area contributed by atoms with Crippen molar-refractivity contribution in [1.82, 2.24) is 15.1 Å². The Morgan fingerprint density at radius 1 is 1.17 bits per heavy atom. The number of carbonyl (C=O) groups excluding carboxylic acids is 2. The summed E-state index contributed by atoms with van der Waals surface area (Å²) in [5, 5.41) is 12.5. The Bertz CT molecular complexity index is 1070. The second-order valence-corrected chi connectivity index (χ2v) is 8.38. The van der Waals surface area contributed by atoms with Crippen LogP contribution in [0.1, 0.15) is 49.6 Å². The fourth-order valence-corrected chi connectivity index (χ4v) is 4.50. The van der Waals surface area contributed by atoms with Gasteiger partial charge in [0.15, 0.2) is 0 Å². The smallest absolute Gasteiger partial charge is 0.286 e. The van der Waals surface area contributed by atoms with E-state index in [-0.39, 0.29) is 22.9 Å². The van der Waals surface area contributed by atoms with Crippen LogP contribution in [0.25, 0.3) is 0 Å². The lowest BCUT2D eigenvalue weighted by Gasteiger charge is -2.23. The molecule has 1 aromatic heterocycles. The number of benzene rings is 2. The summed E-state index contributed by atoms with van der Waals surface area (Å²) in [6, 6.07) is 14.3. The maximum atomic E-state index is 13.0. The summed E-state index contributed by atoms with van der Waals surface area (Å²) in [5.74, 6) is -0.359. The van der Waals surface area contributed by atoms with Gasteiger partial charge in [0, 0.05) is 22.8 Å². The largest absolute Gasteiger partial charge is 0.329 e. The fraction of sp³-hybridized carbons (Fsp3) is 0.238. The normalized spacial score (nSPS) is 16.1. The van der Waals surface area contributed by atoms with Crippen molar-refractivity contribution in [3.05, 3.63) is 74.7 Å². The summed E-state index contributed by atoms with van der Waals surface area (Å²) < 4.78 is 0. The first-order valence-electron chi connectivity index (χ1n) is 9.29. The number of halogens is 1. The number of nitrogens with zero attached hydrogens (tertiary/aromatic N) is 3. The highest BCUT2D eigenvalue weighted by Gasteiger charge is 2.33. The summed E-state index contributed by atoms with van der Waals surface area (Å²) in [6.45, 7) is 2.63. The van der Waals surface area contributed by atoms with Crippen LogP contribution in [0.15, 0.2) is 48.5 Å². The molecular formula is C21H19ClN4O2S. The number of aromatic nitrogens is 2. The number of hydrogen-bond acceptors (Lipinski definition) is 5. The van der Waals surface area contributed by atoms with Crippen molar-refractivity contribution in [2.24, 2.45) is 0 Å². The monoisotopic (exact) mass is 426 g/mol. The zero-order valence-corrected chi connectivity index (χ0v) is 17.3. The second-order valence-electron chi connectivity index (χ2n) is 6.94. The van der Waals surface area contributed by atoms with Crippen LogP contribution < -0.4 is 5.32 Å². The maximum Gasteiger partial charge on any atom is 0.286 e. The number of carbonyl (C=O) groups is 2. The molecule has 1 atom stereocenters. The van der Waals surface area contributed by atoms with Crippen molar-refractivity contribution in [1.29, 1.82) is 0 Å². The molecule has 3 aromatic rings. The number of likely N-dealkylation sites (tertiary alicyclic amines) is 1. The van der Waals surface area contributed by atoms with E-state index < -0.39 is 0 Å². The average Bonchev–Trinajstić information content (AvgIpc) is 3.37. The first-order valence-corrected chi connectivity index (χ1v) is 10.5. The van der Waals surface area contributed by atoms with Gasteiger partial charge in [-0.3, -0.25) is 9.59 Å². The Balaban J connectivity index is 1.50. The van der Waals surface area contributed by atoms with Gasteiger partial charge in [-0.15, -0.1) is 10.2 Å². The van der Waals surface area contributed by atoms with Gasteiger partial charge in [-0.05, 0) is 50.1 Å². The average molecular weight is 427 g/mol. The van der Waals surface area contributed by atoms with Gasteiger partial charge >= 0.3 is 0 Å². The van der Waals surface area contributed by atoms with Gasteiger partial charge in [0.1, 0.15) is 5.01 Å². The van der Waals surface area contributed by atoms with Gasteiger partial charge < -0.3 is 10.2 Å². The quantitative estimate of drug-likeness (QED) is 0.654. The SMILES string of the molecule is Cc1cccc(C(=O)N2CCC[C@H]2c2nnc(C(=O)Nc3cccc(Cl)c3)s2)c1. The molecule has 1 aliphatic rings. The van der Waals surface area contributed by atoms with E-state index in [0.29, 0.717) is 27.8 Å². The molecule has 29 heavy (non-hydrogen) atoms. The minimum absolute atomic E-state index is 0.0173. The van der Waals surface area contributed by atoms with Gasteiger partial charge in [-0.2, -0.15) is 0 Å². The summed E-state index contributed by atoms with van der Waals surface area (Å²) in [6.07, 6.45) is 1.70. The number of hydrogen-bond donors (Lipinski definition) is 1. The molecule has 0 radical (unpaired) electrons. The first kappa shape index (κ1) is 19.5. The van der Waals surface area contributed by atoms with Gasteiger partial charge in [-0.25, -0.2) is 0 Å². The van der Waals surface area contributed by atoms with E-state index in [1.165, 1.54) is 11.3 Å². The molecular weight excluding hydrogens is 408 g/mol. The topological polar surface area (TPSA) is 75.2 Å². The third kappa shape index (κ3) is 4.31. The van der Waals surface area contributed by atoms with E-state index in [9.17, 15) is 9.59 Å². The summed E-state index contributed by atoms with van der Waals surface area (Å²) >= 11 is 7.18. The van der Waals surface area contributed by atoms with Crippen molar-refractivity contribution in [2.75, 3.05) is 11.9 Å². The van der Waals surface area contributed by atoms with Crippen LogP contribution in [0, 0.1) is 6.92 Å². The molecule has 1 fully saturated rings. The molecule has 1 saturated heterocycles. The predicted molar refractivity (Wildman–Crippen MR) is 114 cm³/mol. The molecule has 0 unspecified atom stereocenters. The van der Waals surface area contributed by atoms with Gasteiger partial charge in [-0.1, -0.05) is 46.7 Å². The number of amides is 2. The molecule has 8 heteroatoms. The molecule has 2 amide bonds. The molecule has 4 rings (SSSR count). The van der Waals surface area contributed by atoms with Crippen LogP contribution in [0.3, 0.4) is 0 Å². The van der Waals surface area contributed by atoms with Crippen molar-refractivity contribution < 1.29 is 9.59 Å². The van der Waals surface area contributed by atoms with Crippen molar-refractivity contribution in [3.8, 4) is 0 Å². The fourth-order valence-electron chi connectivity index (χ4n) is 3.42. The first-order chi connectivity index (χ1) is 14.0. The molecule has 6 nitrogen and oxygen atoms in total. The summed E-state index contributed by atoms with van der Waals surface area (Å²) in [4.78, 5) is 27.3. The Kier molecular flexibility index (Phi) is 5.60. The van der Waals surface area contributed by atoms with E-state index >= 15 is 0 Å². The number of anilines is 1. The van der Waals surface area contributed by atoms with Crippen molar-refractivity contribution in [2.45, 2.75) is 25.8 Å². The molecule has 1 N–H and O–H groups in total. The zero-order valence-electron chi connectivity index (χ0n) is 15.8. The predicted octanol–water partition coefficient (Wildman–Crippen LogP) is 4.73. The second kappa shape index (κ2) is 8.31. The number of rotatable bonds is 4. The molecule has 2 aromatic carbocycles. The van der Waals surface area contributed by atoms with Crippen LogP contribution in [0.2, 0.25) is 5.02 Å². The highest BCUT2D eigenvalue weighted by molar-refractivity contribution is 7.13. The standard InChI is InChI=1S/C21H19ClN4O2S/c1-13-5-2-6-14(11-13)21(28)26-10-4-9-17(26)19-24-25-20(29-19)18(27)23-16-8-3-7-15(22)12-16/h2-3,5-8,11-12,17H,4,9-10H2,1H3,(H,23,27)/t17-/m0/s1. The zero-order chi connectivity index (χ0) is 20.4. The van der Waals surface area contributed by atoms with E-state index in [2.05, 4.69) is 15.5 Å². The Morgan fingerprint density at radius 3 is 2.79 bits per heavy atom. The lowest BCUT2D eigenvalue weighted by Crippen LogP contribution is -2.30. The lowest BCUT2D eigenvalue weighted by atomic mass is 10.1. The molecule has 0 aliphatic carbocycles. The molecule has 0 bridgehead atoms. The van der Waals surface area contributed by atoms with Crippen LogP contribution in [0.5, 0.6) is 0 Å². The van der Waals surface area contributed by atoms with E-state index in [0.717, 1.165) is 18.4 Å². The highest BCUT2D eigenvalue weighted by atomic mass is 35.5. The summed E-state index contributed by atoms with van der Waals surface area (Å²) in [5.41, 5.74) is 2.30. The Morgan fingerprint density at radius 2 is 2.00 bits per heavy atom. The van der Waals surface area contributed by atoms with E-state index in [1.807, 2.05) is 36.1 Å². The Labute approximate surface area is 177 Å². The molecule has 1 aliphatic heterocycles. The van der Waals surface area contributed by atoms with Gasteiger partial charge in [0.05, 0.1) is 6.04 Å². The van der Waals surface area contributed by atoms with Gasteiger partial charge in [0.2, 0.25) is 5.01 Å². The maximum absolute atomic E-state index is 13.0.